The number of carboxylic acids is 1. The summed E-state index contributed by atoms with van der Waals surface area (Å²) in [6.45, 7) is 1.16. The number of carboxylic acid groups (broad SMARTS) is 1. The maximum atomic E-state index is 12.1. The van der Waals surface area contributed by atoms with Gasteiger partial charge in [-0.25, -0.2) is 4.79 Å². The van der Waals surface area contributed by atoms with Crippen LogP contribution in [-0.4, -0.2) is 47.2 Å². The van der Waals surface area contributed by atoms with E-state index in [9.17, 15) is 9.59 Å². The van der Waals surface area contributed by atoms with Crippen LogP contribution in [0.1, 0.15) is 32.1 Å². The monoisotopic (exact) mass is 227 g/mol. The lowest BCUT2D eigenvalue weighted by molar-refractivity contribution is -0.155. The minimum atomic E-state index is -0.901. The maximum Gasteiger partial charge on any atom is 0.326 e. The van der Waals surface area contributed by atoms with Gasteiger partial charge in [0.25, 0.3) is 5.91 Å². The average molecular weight is 227 g/mol. The zero-order valence-electron chi connectivity index (χ0n) is 9.22. The Balaban J connectivity index is 1.99. The molecule has 0 radical (unpaired) electrons. The number of nitrogens with zero attached hydrogens (tertiary/aromatic N) is 1. The second-order valence-corrected chi connectivity index (χ2v) is 4.38. The molecule has 2 aliphatic rings. The summed E-state index contributed by atoms with van der Waals surface area (Å²) in [6.07, 6.45) is 3.63. The Kier molecular flexibility index (Phi) is 3.43. The predicted molar refractivity (Wildman–Crippen MR) is 56.0 cm³/mol. The highest BCUT2D eigenvalue weighted by molar-refractivity contribution is 5.87. The van der Waals surface area contributed by atoms with Gasteiger partial charge in [-0.05, 0) is 32.1 Å². The van der Waals surface area contributed by atoms with Crippen LogP contribution in [0.25, 0.3) is 0 Å². The van der Waals surface area contributed by atoms with E-state index < -0.39 is 18.1 Å². The zero-order chi connectivity index (χ0) is 11.5. The van der Waals surface area contributed by atoms with Crippen LogP contribution >= 0.6 is 0 Å². The van der Waals surface area contributed by atoms with Crippen LogP contribution in [0.2, 0.25) is 0 Å². The smallest absolute Gasteiger partial charge is 0.326 e. The summed E-state index contributed by atoms with van der Waals surface area (Å²) in [5.41, 5.74) is 0. The summed E-state index contributed by atoms with van der Waals surface area (Å²) in [5.74, 6) is -1.04. The van der Waals surface area contributed by atoms with Crippen LogP contribution in [-0.2, 0) is 14.3 Å². The van der Waals surface area contributed by atoms with E-state index in [1.165, 1.54) is 4.90 Å². The first kappa shape index (κ1) is 11.4. The Hall–Kier alpha value is -1.10. The molecule has 1 unspecified atom stereocenters. The number of rotatable bonds is 2. The number of hydrogen-bond donors (Lipinski definition) is 1. The number of carbonyl (C=O) groups is 2. The van der Waals surface area contributed by atoms with E-state index in [1.54, 1.807) is 0 Å². The van der Waals surface area contributed by atoms with Gasteiger partial charge in [-0.1, -0.05) is 0 Å². The first-order chi connectivity index (χ1) is 7.70. The molecule has 2 saturated heterocycles. The van der Waals surface area contributed by atoms with E-state index in [-0.39, 0.29) is 5.91 Å². The Labute approximate surface area is 94.4 Å². The molecule has 2 aliphatic heterocycles. The average Bonchev–Trinajstić information content (AvgIpc) is 2.78. The third-order valence-electron chi connectivity index (χ3n) is 3.28. The van der Waals surface area contributed by atoms with Gasteiger partial charge in [-0.2, -0.15) is 0 Å². The molecule has 2 atom stereocenters. The van der Waals surface area contributed by atoms with Gasteiger partial charge in [0.1, 0.15) is 12.1 Å². The Bertz CT molecular complexity index is 286. The molecule has 1 N–H and O–H groups in total. The van der Waals surface area contributed by atoms with Gasteiger partial charge in [0, 0.05) is 13.2 Å². The predicted octanol–water partition coefficient (Wildman–Crippen LogP) is 0.631. The largest absolute Gasteiger partial charge is 0.480 e. The van der Waals surface area contributed by atoms with Gasteiger partial charge < -0.3 is 14.7 Å². The lowest BCUT2D eigenvalue weighted by Gasteiger charge is -2.28. The number of likely N-dealkylation sites (tertiary alicyclic amines) is 1. The Morgan fingerprint density at radius 3 is 2.62 bits per heavy atom. The fourth-order valence-electron chi connectivity index (χ4n) is 2.41. The second-order valence-electron chi connectivity index (χ2n) is 4.38. The maximum absolute atomic E-state index is 12.1. The quantitative estimate of drug-likeness (QED) is 0.751. The van der Waals surface area contributed by atoms with Crippen molar-refractivity contribution in [2.45, 2.75) is 44.2 Å². The molecule has 2 fully saturated rings. The van der Waals surface area contributed by atoms with Crippen LogP contribution < -0.4 is 0 Å². The van der Waals surface area contributed by atoms with Crippen molar-refractivity contribution in [1.29, 1.82) is 0 Å². The highest BCUT2D eigenvalue weighted by Crippen LogP contribution is 2.22. The molecule has 0 aromatic heterocycles. The van der Waals surface area contributed by atoms with E-state index in [0.717, 1.165) is 25.7 Å². The van der Waals surface area contributed by atoms with Crippen molar-refractivity contribution in [3.63, 3.8) is 0 Å². The molecular formula is C11H17NO4. The molecule has 0 spiro atoms. The second kappa shape index (κ2) is 4.82. The highest BCUT2D eigenvalue weighted by Gasteiger charge is 2.37. The third-order valence-corrected chi connectivity index (χ3v) is 3.28. The molecule has 2 rings (SSSR count). The van der Waals surface area contributed by atoms with Gasteiger partial charge in [0.2, 0.25) is 0 Å². The van der Waals surface area contributed by atoms with E-state index >= 15 is 0 Å². The molecule has 0 aliphatic carbocycles. The molecule has 0 bridgehead atoms. The molecule has 0 aromatic carbocycles. The molecule has 2 heterocycles. The van der Waals surface area contributed by atoms with Crippen molar-refractivity contribution in [2.75, 3.05) is 13.2 Å². The van der Waals surface area contributed by atoms with E-state index in [0.29, 0.717) is 19.6 Å². The van der Waals surface area contributed by atoms with Crippen LogP contribution in [0.4, 0.5) is 0 Å². The summed E-state index contributed by atoms with van der Waals surface area (Å²) in [6, 6.07) is -0.641. The van der Waals surface area contributed by atoms with E-state index in [2.05, 4.69) is 0 Å². The summed E-state index contributed by atoms with van der Waals surface area (Å²) >= 11 is 0. The number of hydrogen-bond acceptors (Lipinski definition) is 3. The summed E-state index contributed by atoms with van der Waals surface area (Å²) in [4.78, 5) is 24.5. The molecule has 90 valence electrons. The van der Waals surface area contributed by atoms with Crippen LogP contribution in [0.15, 0.2) is 0 Å². The molecular weight excluding hydrogens is 210 g/mol. The number of carbonyl (C=O) groups excluding carboxylic acids is 1. The molecule has 0 aromatic rings. The number of amides is 1. The van der Waals surface area contributed by atoms with E-state index in [4.69, 9.17) is 9.84 Å². The molecule has 5 nitrogen and oxygen atoms in total. The Morgan fingerprint density at radius 2 is 2.00 bits per heavy atom. The number of aliphatic carboxylic acids is 1. The lowest BCUT2D eigenvalue weighted by atomic mass is 10.1. The third kappa shape index (κ3) is 2.19. The van der Waals surface area contributed by atoms with Crippen molar-refractivity contribution in [3.05, 3.63) is 0 Å². The minimum Gasteiger partial charge on any atom is -0.480 e. The first-order valence-electron chi connectivity index (χ1n) is 5.85. The molecule has 5 heteroatoms. The summed E-state index contributed by atoms with van der Waals surface area (Å²) in [7, 11) is 0. The highest BCUT2D eigenvalue weighted by atomic mass is 16.5. The Morgan fingerprint density at radius 1 is 1.19 bits per heavy atom. The molecule has 1 amide bonds. The van der Waals surface area contributed by atoms with Crippen LogP contribution in [0.5, 0.6) is 0 Å². The van der Waals surface area contributed by atoms with Gasteiger partial charge in [0.15, 0.2) is 0 Å². The fraction of sp³-hybridized carbons (Fsp3) is 0.818. The van der Waals surface area contributed by atoms with E-state index in [1.807, 2.05) is 0 Å². The molecule has 0 saturated carbocycles. The summed E-state index contributed by atoms with van der Waals surface area (Å²) in [5, 5.41) is 9.00. The zero-order valence-corrected chi connectivity index (χ0v) is 9.22. The van der Waals surface area contributed by atoms with Gasteiger partial charge in [-0.15, -0.1) is 0 Å². The summed E-state index contributed by atoms with van der Waals surface area (Å²) < 4.78 is 5.40. The normalized spacial score (nSPS) is 30.4. The van der Waals surface area contributed by atoms with Gasteiger partial charge in [0.05, 0.1) is 0 Å². The van der Waals surface area contributed by atoms with Crippen molar-refractivity contribution < 1.29 is 19.4 Å². The standard InChI is InChI=1S/C11H17NO4/c13-10(9-5-1-2-7-16-9)12-6-3-4-8(12)11(14)15/h8-9H,1-7H2,(H,14,15)/t8?,9-/m0/s1. The van der Waals surface area contributed by atoms with Crippen LogP contribution in [0.3, 0.4) is 0 Å². The van der Waals surface area contributed by atoms with Crippen molar-refractivity contribution >= 4 is 11.9 Å². The number of ether oxygens (including phenoxy) is 1. The van der Waals surface area contributed by atoms with Crippen molar-refractivity contribution in [3.8, 4) is 0 Å². The van der Waals surface area contributed by atoms with Gasteiger partial charge >= 0.3 is 5.97 Å². The van der Waals surface area contributed by atoms with Crippen LogP contribution in [0, 0.1) is 0 Å². The van der Waals surface area contributed by atoms with Gasteiger partial charge in [-0.3, -0.25) is 4.79 Å². The van der Waals surface area contributed by atoms with Crippen molar-refractivity contribution in [1.82, 2.24) is 4.90 Å². The first-order valence-corrected chi connectivity index (χ1v) is 5.85. The fourth-order valence-corrected chi connectivity index (χ4v) is 2.41. The minimum absolute atomic E-state index is 0.135. The lowest BCUT2D eigenvalue weighted by Crippen LogP contribution is -2.47. The topological polar surface area (TPSA) is 66.8 Å². The molecule has 16 heavy (non-hydrogen) atoms. The SMILES string of the molecule is O=C(O)C1CCCN1C(=O)[C@@H]1CCCCO1. The van der Waals surface area contributed by atoms with Crippen molar-refractivity contribution in [2.24, 2.45) is 0 Å².